The highest BCUT2D eigenvalue weighted by Gasteiger charge is 2.11. The number of benzene rings is 1. The summed E-state index contributed by atoms with van der Waals surface area (Å²) in [5, 5.41) is 0. The number of amides is 1. The number of anilines is 1. The number of carbonyl (C=O) groups is 1. The minimum Gasteiger partial charge on any atom is -0.423 e. The predicted octanol–water partition coefficient (Wildman–Crippen LogP) is 0.509. The van der Waals surface area contributed by atoms with Crippen molar-refractivity contribution in [3.8, 4) is 0 Å². The Morgan fingerprint density at radius 3 is 2.92 bits per heavy atom. The van der Waals surface area contributed by atoms with Crippen LogP contribution in [-0.2, 0) is 0 Å². The lowest BCUT2D eigenvalue weighted by Gasteiger charge is -1.93. The number of fused-ring (bicyclic) bond motifs is 1. The molecule has 0 aliphatic carbocycles. The summed E-state index contributed by atoms with van der Waals surface area (Å²) in [5.41, 5.74) is 11.6. The van der Waals surface area contributed by atoms with Crippen LogP contribution in [0.5, 0.6) is 0 Å². The molecule has 1 aromatic carbocycles. The topological polar surface area (TPSA) is 95.1 Å². The van der Waals surface area contributed by atoms with Crippen LogP contribution in [0.4, 0.5) is 6.01 Å². The zero-order valence-corrected chi connectivity index (χ0v) is 6.65. The van der Waals surface area contributed by atoms with E-state index in [9.17, 15) is 4.79 Å². The van der Waals surface area contributed by atoms with Crippen LogP contribution < -0.4 is 11.5 Å². The molecule has 5 nitrogen and oxygen atoms in total. The molecule has 0 spiro atoms. The number of nitrogens with zero attached hydrogens (tertiary/aromatic N) is 1. The lowest BCUT2D eigenvalue weighted by Crippen LogP contribution is -2.10. The molecule has 0 atom stereocenters. The van der Waals surface area contributed by atoms with Crippen LogP contribution in [0.1, 0.15) is 10.4 Å². The Balaban J connectivity index is 2.82. The molecule has 0 aliphatic rings. The van der Waals surface area contributed by atoms with Crippen molar-refractivity contribution in [2.24, 2.45) is 5.73 Å². The molecule has 2 aromatic rings. The van der Waals surface area contributed by atoms with E-state index in [0.717, 1.165) is 0 Å². The average molecular weight is 177 g/mol. The Kier molecular flexibility index (Phi) is 1.45. The molecule has 1 heterocycles. The largest absolute Gasteiger partial charge is 0.423 e. The fraction of sp³-hybridized carbons (Fsp3) is 0. The monoisotopic (exact) mass is 177 g/mol. The van der Waals surface area contributed by atoms with Crippen molar-refractivity contribution in [3.05, 3.63) is 23.8 Å². The van der Waals surface area contributed by atoms with Gasteiger partial charge in [0.15, 0.2) is 5.58 Å². The van der Waals surface area contributed by atoms with Crippen LogP contribution in [0.25, 0.3) is 11.1 Å². The molecule has 5 heteroatoms. The van der Waals surface area contributed by atoms with Crippen molar-refractivity contribution < 1.29 is 9.21 Å². The number of para-hydroxylation sites is 1. The van der Waals surface area contributed by atoms with Crippen molar-refractivity contribution in [1.29, 1.82) is 0 Å². The second-order valence-electron chi connectivity index (χ2n) is 2.57. The third-order valence-corrected chi connectivity index (χ3v) is 1.70. The first-order valence-corrected chi connectivity index (χ1v) is 3.63. The van der Waals surface area contributed by atoms with E-state index in [1.165, 1.54) is 0 Å². The minimum atomic E-state index is -0.554. The number of rotatable bonds is 1. The number of primary amides is 1. The number of oxazole rings is 1. The summed E-state index contributed by atoms with van der Waals surface area (Å²) in [5.74, 6) is -0.554. The summed E-state index contributed by atoms with van der Waals surface area (Å²) in [6.07, 6.45) is 0. The molecule has 0 bridgehead atoms. The van der Waals surface area contributed by atoms with Crippen LogP contribution in [0, 0.1) is 0 Å². The smallest absolute Gasteiger partial charge is 0.293 e. The molecule has 13 heavy (non-hydrogen) atoms. The van der Waals surface area contributed by atoms with Crippen LogP contribution in [0.3, 0.4) is 0 Å². The molecule has 0 saturated heterocycles. The van der Waals surface area contributed by atoms with Gasteiger partial charge in [0.25, 0.3) is 11.9 Å². The fourth-order valence-corrected chi connectivity index (χ4v) is 1.16. The third-order valence-electron chi connectivity index (χ3n) is 1.70. The van der Waals surface area contributed by atoms with Gasteiger partial charge >= 0.3 is 0 Å². The van der Waals surface area contributed by atoms with Crippen LogP contribution in [-0.4, -0.2) is 10.9 Å². The zero-order chi connectivity index (χ0) is 9.42. The van der Waals surface area contributed by atoms with Crippen LogP contribution >= 0.6 is 0 Å². The summed E-state index contributed by atoms with van der Waals surface area (Å²) < 4.78 is 5.03. The van der Waals surface area contributed by atoms with Gasteiger partial charge in [-0.3, -0.25) is 4.79 Å². The molecular weight excluding hydrogens is 170 g/mol. The highest BCUT2D eigenvalue weighted by atomic mass is 16.4. The Morgan fingerprint density at radius 1 is 1.46 bits per heavy atom. The Morgan fingerprint density at radius 2 is 2.23 bits per heavy atom. The van der Waals surface area contributed by atoms with Crippen molar-refractivity contribution in [2.45, 2.75) is 0 Å². The van der Waals surface area contributed by atoms with E-state index < -0.39 is 5.91 Å². The predicted molar refractivity (Wildman–Crippen MR) is 46.9 cm³/mol. The van der Waals surface area contributed by atoms with E-state index in [1.807, 2.05) is 0 Å². The number of hydrogen-bond donors (Lipinski definition) is 2. The minimum absolute atomic E-state index is 0.0312. The Labute approximate surface area is 73.3 Å². The molecule has 0 unspecified atom stereocenters. The summed E-state index contributed by atoms with van der Waals surface area (Å²) in [6, 6.07) is 4.96. The maximum absolute atomic E-state index is 10.9. The Bertz CT molecular complexity index is 475. The van der Waals surface area contributed by atoms with Crippen LogP contribution in [0.2, 0.25) is 0 Å². The summed E-state index contributed by atoms with van der Waals surface area (Å²) in [7, 11) is 0. The normalized spacial score (nSPS) is 10.5. The van der Waals surface area contributed by atoms with Gasteiger partial charge in [0.05, 0.1) is 5.56 Å². The fourth-order valence-electron chi connectivity index (χ4n) is 1.16. The second-order valence-corrected chi connectivity index (χ2v) is 2.57. The highest BCUT2D eigenvalue weighted by molar-refractivity contribution is 6.03. The van der Waals surface area contributed by atoms with Gasteiger partial charge in [-0.2, -0.15) is 4.98 Å². The van der Waals surface area contributed by atoms with E-state index in [2.05, 4.69) is 4.98 Å². The molecule has 0 radical (unpaired) electrons. The molecule has 1 aromatic heterocycles. The van der Waals surface area contributed by atoms with E-state index in [-0.39, 0.29) is 6.01 Å². The molecule has 0 fully saturated rings. The van der Waals surface area contributed by atoms with Crippen LogP contribution in [0.15, 0.2) is 22.6 Å². The second kappa shape index (κ2) is 2.48. The lowest BCUT2D eigenvalue weighted by molar-refractivity contribution is 0.100. The molecule has 0 saturated carbocycles. The number of hydrogen-bond acceptors (Lipinski definition) is 4. The number of nitrogens with two attached hydrogens (primary N) is 2. The van der Waals surface area contributed by atoms with Gasteiger partial charge in [-0.25, -0.2) is 0 Å². The van der Waals surface area contributed by atoms with Gasteiger partial charge < -0.3 is 15.9 Å². The van der Waals surface area contributed by atoms with Gasteiger partial charge in [-0.1, -0.05) is 6.07 Å². The average Bonchev–Trinajstić information content (AvgIpc) is 2.43. The van der Waals surface area contributed by atoms with Crippen molar-refractivity contribution in [3.63, 3.8) is 0 Å². The first kappa shape index (κ1) is 7.60. The van der Waals surface area contributed by atoms with E-state index >= 15 is 0 Å². The summed E-state index contributed by atoms with van der Waals surface area (Å²) >= 11 is 0. The number of carbonyl (C=O) groups excluding carboxylic acids is 1. The maximum atomic E-state index is 10.9. The first-order valence-electron chi connectivity index (χ1n) is 3.63. The van der Waals surface area contributed by atoms with Crippen molar-refractivity contribution in [2.75, 3.05) is 5.73 Å². The van der Waals surface area contributed by atoms with Gasteiger partial charge in [0, 0.05) is 0 Å². The van der Waals surface area contributed by atoms with Gasteiger partial charge in [0.1, 0.15) is 5.52 Å². The van der Waals surface area contributed by atoms with Crippen molar-refractivity contribution >= 4 is 23.0 Å². The maximum Gasteiger partial charge on any atom is 0.293 e. The third kappa shape index (κ3) is 1.10. The Hall–Kier alpha value is -2.04. The molecule has 2 rings (SSSR count). The standard InChI is InChI=1S/C8H7N3O2/c9-7(12)4-2-1-3-5-6(4)13-8(10)11-5/h1-3H,(H2,9,12)(H2,10,11). The van der Waals surface area contributed by atoms with Gasteiger partial charge in [0.2, 0.25) is 0 Å². The SMILES string of the molecule is NC(=O)c1cccc2nc(N)oc12. The molecule has 66 valence electrons. The zero-order valence-electron chi connectivity index (χ0n) is 6.65. The van der Waals surface area contributed by atoms with Gasteiger partial charge in [-0.05, 0) is 12.1 Å². The van der Waals surface area contributed by atoms with E-state index in [0.29, 0.717) is 16.7 Å². The van der Waals surface area contributed by atoms with E-state index in [4.69, 9.17) is 15.9 Å². The van der Waals surface area contributed by atoms with Crippen molar-refractivity contribution in [1.82, 2.24) is 4.98 Å². The lowest BCUT2D eigenvalue weighted by atomic mass is 10.2. The number of nitrogen functional groups attached to an aromatic ring is 1. The van der Waals surface area contributed by atoms with E-state index in [1.54, 1.807) is 18.2 Å². The summed E-state index contributed by atoms with van der Waals surface area (Å²) in [4.78, 5) is 14.8. The van der Waals surface area contributed by atoms with Gasteiger partial charge in [-0.15, -0.1) is 0 Å². The summed E-state index contributed by atoms with van der Waals surface area (Å²) in [6.45, 7) is 0. The highest BCUT2D eigenvalue weighted by Crippen LogP contribution is 2.20. The molecule has 0 aliphatic heterocycles. The quantitative estimate of drug-likeness (QED) is 0.663. The molecule has 4 N–H and O–H groups in total. The molecule has 1 amide bonds. The number of aromatic nitrogens is 1. The first-order chi connectivity index (χ1) is 6.18. The molecular formula is C8H7N3O2.